The topological polar surface area (TPSA) is 20.9 Å². The fourth-order valence-electron chi connectivity index (χ4n) is 2.89. The third-order valence-electron chi connectivity index (χ3n) is 3.93. The molecule has 92 valence electrons. The van der Waals surface area contributed by atoms with Gasteiger partial charge in [-0.3, -0.25) is 4.79 Å². The van der Waals surface area contributed by atoms with Crippen LogP contribution in [0.1, 0.15) is 38.2 Å². The van der Waals surface area contributed by atoms with E-state index in [1.165, 1.54) is 24.8 Å². The van der Waals surface area contributed by atoms with E-state index in [4.69, 9.17) is 0 Å². The number of aromatic nitrogens is 1. The van der Waals surface area contributed by atoms with Gasteiger partial charge >= 0.3 is 0 Å². The molecule has 0 aliphatic heterocycles. The molecule has 17 heavy (non-hydrogen) atoms. The molecule has 0 spiro atoms. The van der Waals surface area contributed by atoms with Crippen LogP contribution in [0.5, 0.6) is 0 Å². The molecule has 1 fully saturated rings. The van der Waals surface area contributed by atoms with Gasteiger partial charge in [-0.15, -0.1) is 0 Å². The van der Waals surface area contributed by atoms with E-state index in [9.17, 15) is 4.79 Å². The lowest BCUT2D eigenvalue weighted by atomic mass is 9.77. The molecule has 1 aliphatic carbocycles. The van der Waals surface area contributed by atoms with Crippen molar-refractivity contribution in [2.24, 2.45) is 11.8 Å². The second-order valence-electron chi connectivity index (χ2n) is 5.33. The molecule has 2 nitrogen and oxygen atoms in total. The predicted molar refractivity (Wildman–Crippen MR) is 67.5 cm³/mol. The quantitative estimate of drug-likeness (QED) is 0.734. The minimum absolute atomic E-state index is 0.289. The van der Waals surface area contributed by atoms with E-state index in [-0.39, 0.29) is 5.92 Å². The standard InChI is InChI=1S/C15H22NO/c1-12-7-9-16(10-8-12)11-14-5-3-4-6-15(14)13(2)17/h7-10,14-15H,3-6,11H2,1-2H3/q+1/t14-,15-/m1/s1. The summed E-state index contributed by atoms with van der Waals surface area (Å²) in [4.78, 5) is 11.6. The van der Waals surface area contributed by atoms with Gasteiger partial charge in [0.25, 0.3) is 0 Å². The normalized spacial score (nSPS) is 24.6. The lowest BCUT2D eigenvalue weighted by molar-refractivity contribution is -0.704. The van der Waals surface area contributed by atoms with E-state index in [0.29, 0.717) is 11.7 Å². The number of carbonyl (C=O) groups excluding carboxylic acids is 1. The van der Waals surface area contributed by atoms with Crippen molar-refractivity contribution in [2.75, 3.05) is 0 Å². The smallest absolute Gasteiger partial charge is 0.169 e. The number of hydrogen-bond donors (Lipinski definition) is 0. The van der Waals surface area contributed by atoms with Crippen LogP contribution in [0.4, 0.5) is 0 Å². The lowest BCUT2D eigenvalue weighted by Crippen LogP contribution is -2.41. The highest BCUT2D eigenvalue weighted by Gasteiger charge is 2.30. The van der Waals surface area contributed by atoms with Gasteiger partial charge in [0.05, 0.1) is 0 Å². The Morgan fingerprint density at radius 1 is 1.29 bits per heavy atom. The Bertz CT molecular complexity index is 382. The molecule has 1 aromatic rings. The molecule has 0 bridgehead atoms. The van der Waals surface area contributed by atoms with Gasteiger partial charge in [-0.2, -0.15) is 0 Å². The van der Waals surface area contributed by atoms with Crippen molar-refractivity contribution in [3.63, 3.8) is 0 Å². The summed E-state index contributed by atoms with van der Waals surface area (Å²) in [5.41, 5.74) is 1.29. The summed E-state index contributed by atoms with van der Waals surface area (Å²) >= 11 is 0. The largest absolute Gasteiger partial charge is 0.300 e. The number of nitrogens with zero attached hydrogens (tertiary/aromatic N) is 1. The van der Waals surface area contributed by atoms with Gasteiger partial charge in [-0.25, -0.2) is 4.57 Å². The van der Waals surface area contributed by atoms with E-state index >= 15 is 0 Å². The van der Waals surface area contributed by atoms with Crippen molar-refractivity contribution in [1.29, 1.82) is 0 Å². The molecule has 1 saturated carbocycles. The number of Topliss-reactive ketones (excluding diaryl/α,β-unsaturated/α-hetero) is 1. The molecule has 2 atom stereocenters. The third-order valence-corrected chi connectivity index (χ3v) is 3.93. The molecule has 1 aliphatic rings. The van der Waals surface area contributed by atoms with Gasteiger partial charge in [0.1, 0.15) is 5.78 Å². The molecule has 0 unspecified atom stereocenters. The maximum absolute atomic E-state index is 11.6. The summed E-state index contributed by atoms with van der Waals surface area (Å²) in [6.07, 6.45) is 9.04. The van der Waals surface area contributed by atoms with E-state index in [1.54, 1.807) is 6.92 Å². The van der Waals surface area contributed by atoms with Crippen LogP contribution in [-0.4, -0.2) is 5.78 Å². The molecule has 0 radical (unpaired) electrons. The van der Waals surface area contributed by atoms with Gasteiger partial charge in [0.2, 0.25) is 0 Å². The van der Waals surface area contributed by atoms with Crippen LogP contribution in [0, 0.1) is 18.8 Å². The second-order valence-corrected chi connectivity index (χ2v) is 5.33. The Morgan fingerprint density at radius 2 is 1.94 bits per heavy atom. The van der Waals surface area contributed by atoms with Crippen LogP contribution in [-0.2, 0) is 11.3 Å². The Labute approximate surface area is 104 Å². The first kappa shape index (κ1) is 12.3. The summed E-state index contributed by atoms with van der Waals surface area (Å²) in [5, 5.41) is 0. The average Bonchev–Trinajstić information content (AvgIpc) is 2.32. The molecule has 1 heterocycles. The summed E-state index contributed by atoms with van der Waals surface area (Å²) < 4.78 is 2.22. The van der Waals surface area contributed by atoms with Crippen LogP contribution in [0.2, 0.25) is 0 Å². The van der Waals surface area contributed by atoms with Crippen LogP contribution in [0.25, 0.3) is 0 Å². The Morgan fingerprint density at radius 3 is 2.59 bits per heavy atom. The van der Waals surface area contributed by atoms with Gasteiger partial charge < -0.3 is 0 Å². The number of carbonyl (C=O) groups is 1. The van der Waals surface area contributed by atoms with Gasteiger partial charge in [-0.05, 0) is 32.3 Å². The first-order chi connectivity index (χ1) is 8.16. The SMILES string of the molecule is CC(=O)[C@H]1CCCC[C@@H]1C[n+]1ccc(C)cc1. The number of pyridine rings is 1. The lowest BCUT2D eigenvalue weighted by Gasteiger charge is -2.27. The van der Waals surface area contributed by atoms with Crippen molar-refractivity contribution < 1.29 is 9.36 Å². The molecule has 0 amide bonds. The van der Waals surface area contributed by atoms with E-state index in [2.05, 4.69) is 36.0 Å². The zero-order valence-electron chi connectivity index (χ0n) is 10.9. The highest BCUT2D eigenvalue weighted by Crippen LogP contribution is 2.30. The highest BCUT2D eigenvalue weighted by molar-refractivity contribution is 5.78. The monoisotopic (exact) mass is 232 g/mol. The van der Waals surface area contributed by atoms with Crippen molar-refractivity contribution in [3.8, 4) is 0 Å². The van der Waals surface area contributed by atoms with Crippen LogP contribution in [0.15, 0.2) is 24.5 Å². The first-order valence-electron chi connectivity index (χ1n) is 6.63. The van der Waals surface area contributed by atoms with Crippen LogP contribution < -0.4 is 4.57 Å². The number of hydrogen-bond acceptors (Lipinski definition) is 1. The van der Waals surface area contributed by atoms with Gasteiger partial charge in [0.15, 0.2) is 18.9 Å². The molecule has 0 aromatic carbocycles. The van der Waals surface area contributed by atoms with Crippen LogP contribution >= 0.6 is 0 Å². The minimum Gasteiger partial charge on any atom is -0.300 e. The van der Waals surface area contributed by atoms with Gasteiger partial charge in [0, 0.05) is 24.0 Å². The molecule has 1 aromatic heterocycles. The van der Waals surface area contributed by atoms with Crippen molar-refractivity contribution >= 4 is 5.78 Å². The molecular formula is C15H22NO+. The van der Waals surface area contributed by atoms with E-state index in [1.807, 2.05) is 0 Å². The predicted octanol–water partition coefficient (Wildman–Crippen LogP) is 2.68. The van der Waals surface area contributed by atoms with Crippen molar-refractivity contribution in [1.82, 2.24) is 0 Å². The molecule has 2 rings (SSSR count). The van der Waals surface area contributed by atoms with E-state index < -0.39 is 0 Å². The van der Waals surface area contributed by atoms with Crippen LogP contribution in [0.3, 0.4) is 0 Å². The summed E-state index contributed by atoms with van der Waals surface area (Å²) in [7, 11) is 0. The van der Waals surface area contributed by atoms with E-state index in [0.717, 1.165) is 13.0 Å². The Hall–Kier alpha value is -1.18. The van der Waals surface area contributed by atoms with Crippen molar-refractivity contribution in [2.45, 2.75) is 46.1 Å². The zero-order chi connectivity index (χ0) is 12.3. The Balaban J connectivity index is 2.05. The fourth-order valence-corrected chi connectivity index (χ4v) is 2.89. The minimum atomic E-state index is 0.289. The second kappa shape index (κ2) is 5.44. The number of ketones is 1. The first-order valence-corrected chi connectivity index (χ1v) is 6.63. The highest BCUT2D eigenvalue weighted by atomic mass is 16.1. The summed E-state index contributed by atoms with van der Waals surface area (Å²) in [6, 6.07) is 4.26. The molecule has 0 saturated heterocycles. The maximum Gasteiger partial charge on any atom is 0.169 e. The number of rotatable bonds is 3. The molecule has 0 N–H and O–H groups in total. The maximum atomic E-state index is 11.6. The fraction of sp³-hybridized carbons (Fsp3) is 0.600. The van der Waals surface area contributed by atoms with Crippen molar-refractivity contribution in [3.05, 3.63) is 30.1 Å². The summed E-state index contributed by atoms with van der Waals surface area (Å²) in [6.45, 7) is 4.84. The summed E-state index contributed by atoms with van der Waals surface area (Å²) in [5.74, 6) is 1.20. The average molecular weight is 232 g/mol. The number of aryl methyl sites for hydroxylation is 1. The molecular weight excluding hydrogens is 210 g/mol. The Kier molecular flexibility index (Phi) is 3.93. The van der Waals surface area contributed by atoms with Gasteiger partial charge in [-0.1, -0.05) is 12.8 Å². The third kappa shape index (κ3) is 3.15. The molecule has 2 heteroatoms. The zero-order valence-corrected chi connectivity index (χ0v) is 10.9.